The van der Waals surface area contributed by atoms with Crippen LogP contribution in [0.4, 0.5) is 0 Å². The first-order chi connectivity index (χ1) is 12.2. The Morgan fingerprint density at radius 2 is 1.72 bits per heavy atom. The van der Waals surface area contributed by atoms with Gasteiger partial charge in [0, 0.05) is 26.2 Å². The second-order valence-electron chi connectivity index (χ2n) is 6.41. The molecular weight excluding hydrogens is 320 g/mol. The molecule has 0 N–H and O–H groups in total. The molecule has 4 rings (SSSR count). The first-order valence-electron chi connectivity index (χ1n) is 8.54. The lowest BCUT2D eigenvalue weighted by atomic mass is 9.95. The molecule has 1 atom stereocenters. The van der Waals surface area contributed by atoms with Crippen LogP contribution in [0.2, 0.25) is 0 Å². The highest BCUT2D eigenvalue weighted by Crippen LogP contribution is 2.28. The number of nitrogens with zero attached hydrogens (tertiary/aromatic N) is 2. The predicted octanol–water partition coefficient (Wildman–Crippen LogP) is 1.82. The van der Waals surface area contributed by atoms with Gasteiger partial charge in [-0.25, -0.2) is 0 Å². The van der Waals surface area contributed by atoms with Crippen LogP contribution < -0.4 is 4.74 Å². The zero-order valence-corrected chi connectivity index (χ0v) is 13.9. The molecule has 6 heteroatoms. The molecule has 1 fully saturated rings. The third-order valence-electron chi connectivity index (χ3n) is 4.84. The van der Waals surface area contributed by atoms with Crippen molar-refractivity contribution in [2.75, 3.05) is 32.8 Å². The van der Waals surface area contributed by atoms with Crippen LogP contribution in [0.15, 0.2) is 47.1 Å². The number of para-hydroxylation sites is 1. The van der Waals surface area contributed by atoms with E-state index in [2.05, 4.69) is 0 Å². The maximum absolute atomic E-state index is 12.8. The average Bonchev–Trinajstić information content (AvgIpc) is 3.21. The summed E-state index contributed by atoms with van der Waals surface area (Å²) in [6.07, 6.45) is 2.20. The van der Waals surface area contributed by atoms with E-state index in [0.29, 0.717) is 45.0 Å². The Morgan fingerprint density at radius 1 is 0.960 bits per heavy atom. The molecule has 25 heavy (non-hydrogen) atoms. The van der Waals surface area contributed by atoms with Gasteiger partial charge in [0.25, 0.3) is 5.91 Å². The lowest BCUT2D eigenvalue weighted by Crippen LogP contribution is -2.53. The molecule has 0 unspecified atom stereocenters. The minimum Gasteiger partial charge on any atom is -0.492 e. The topological polar surface area (TPSA) is 63.0 Å². The van der Waals surface area contributed by atoms with E-state index in [1.54, 1.807) is 17.0 Å². The van der Waals surface area contributed by atoms with Crippen LogP contribution in [0.1, 0.15) is 16.1 Å². The van der Waals surface area contributed by atoms with E-state index >= 15 is 0 Å². The first kappa shape index (κ1) is 15.7. The van der Waals surface area contributed by atoms with Gasteiger partial charge in [-0.1, -0.05) is 18.2 Å². The molecule has 2 aliphatic heterocycles. The van der Waals surface area contributed by atoms with Gasteiger partial charge in [-0.05, 0) is 30.2 Å². The summed E-state index contributed by atoms with van der Waals surface area (Å²) in [5, 5.41) is 0. The Morgan fingerprint density at radius 3 is 2.48 bits per heavy atom. The molecule has 2 aromatic rings. The lowest BCUT2D eigenvalue weighted by molar-refractivity contribution is -0.138. The number of carbonyl (C=O) groups excluding carboxylic acids is 2. The molecule has 6 nitrogen and oxygen atoms in total. The summed E-state index contributed by atoms with van der Waals surface area (Å²) in [7, 11) is 0. The maximum atomic E-state index is 12.8. The fourth-order valence-electron chi connectivity index (χ4n) is 3.43. The van der Waals surface area contributed by atoms with Crippen LogP contribution in [-0.2, 0) is 11.2 Å². The Hall–Kier alpha value is -2.76. The molecule has 0 aliphatic carbocycles. The van der Waals surface area contributed by atoms with Crippen molar-refractivity contribution in [3.8, 4) is 5.75 Å². The number of piperazine rings is 1. The summed E-state index contributed by atoms with van der Waals surface area (Å²) < 4.78 is 10.9. The van der Waals surface area contributed by atoms with Gasteiger partial charge in [-0.2, -0.15) is 0 Å². The van der Waals surface area contributed by atoms with Crippen molar-refractivity contribution < 1.29 is 18.7 Å². The van der Waals surface area contributed by atoms with Gasteiger partial charge in [-0.3, -0.25) is 9.59 Å². The van der Waals surface area contributed by atoms with E-state index in [0.717, 1.165) is 11.3 Å². The van der Waals surface area contributed by atoms with Crippen molar-refractivity contribution in [3.05, 3.63) is 54.0 Å². The van der Waals surface area contributed by atoms with Crippen LogP contribution in [0, 0.1) is 5.92 Å². The molecular formula is C19H20N2O4. The quantitative estimate of drug-likeness (QED) is 0.836. The van der Waals surface area contributed by atoms with Crippen molar-refractivity contribution in [3.63, 3.8) is 0 Å². The minimum atomic E-state index is -0.151. The largest absolute Gasteiger partial charge is 0.492 e. The Balaban J connectivity index is 1.35. The fourth-order valence-corrected chi connectivity index (χ4v) is 3.43. The number of hydrogen-bond acceptors (Lipinski definition) is 4. The number of ether oxygens (including phenoxy) is 1. The zero-order valence-electron chi connectivity index (χ0n) is 13.9. The number of carbonyl (C=O) groups is 2. The predicted molar refractivity (Wildman–Crippen MR) is 90.3 cm³/mol. The standard InChI is InChI=1S/C19H20N2O4/c22-18(15-12-14-4-1-2-5-16(14)25-13-15)20-7-9-21(10-8-20)19(23)17-6-3-11-24-17/h1-6,11,15H,7-10,12-13H2/t15-/m1/s1. The van der Waals surface area contributed by atoms with E-state index < -0.39 is 0 Å². The third kappa shape index (κ3) is 3.12. The summed E-state index contributed by atoms with van der Waals surface area (Å²) >= 11 is 0. The van der Waals surface area contributed by atoms with Gasteiger partial charge in [0.2, 0.25) is 5.91 Å². The number of benzene rings is 1. The minimum absolute atomic E-state index is 0.111. The first-order valence-corrected chi connectivity index (χ1v) is 8.54. The summed E-state index contributed by atoms with van der Waals surface area (Å²) in [4.78, 5) is 28.6. The highest BCUT2D eigenvalue weighted by molar-refractivity contribution is 5.91. The summed E-state index contributed by atoms with van der Waals surface area (Å²) in [5.41, 5.74) is 1.08. The molecule has 0 bridgehead atoms. The number of rotatable bonds is 2. The van der Waals surface area contributed by atoms with E-state index in [-0.39, 0.29) is 17.7 Å². The number of fused-ring (bicyclic) bond motifs is 1. The Bertz CT molecular complexity index is 763. The second-order valence-corrected chi connectivity index (χ2v) is 6.41. The smallest absolute Gasteiger partial charge is 0.289 e. The van der Waals surface area contributed by atoms with E-state index in [1.165, 1.54) is 6.26 Å². The normalized spacial score (nSPS) is 19.9. The number of hydrogen-bond donors (Lipinski definition) is 0. The highest BCUT2D eigenvalue weighted by Gasteiger charge is 2.32. The monoisotopic (exact) mass is 340 g/mol. The second kappa shape index (κ2) is 6.63. The van der Waals surface area contributed by atoms with Gasteiger partial charge < -0.3 is 19.0 Å². The number of amides is 2. The van der Waals surface area contributed by atoms with Crippen LogP contribution in [0.25, 0.3) is 0 Å². The van der Waals surface area contributed by atoms with Gasteiger partial charge >= 0.3 is 0 Å². The van der Waals surface area contributed by atoms with Gasteiger partial charge in [0.1, 0.15) is 12.4 Å². The van der Waals surface area contributed by atoms with Crippen molar-refractivity contribution >= 4 is 11.8 Å². The molecule has 3 heterocycles. The molecule has 0 saturated carbocycles. The van der Waals surface area contributed by atoms with Crippen molar-refractivity contribution in [2.45, 2.75) is 6.42 Å². The Kier molecular flexibility index (Phi) is 4.17. The molecule has 1 aromatic carbocycles. The molecule has 130 valence electrons. The fraction of sp³-hybridized carbons (Fsp3) is 0.368. The molecule has 1 aromatic heterocycles. The van der Waals surface area contributed by atoms with Crippen LogP contribution in [-0.4, -0.2) is 54.4 Å². The average molecular weight is 340 g/mol. The van der Waals surface area contributed by atoms with Crippen molar-refractivity contribution in [2.24, 2.45) is 5.92 Å². The maximum Gasteiger partial charge on any atom is 0.289 e. The van der Waals surface area contributed by atoms with Gasteiger partial charge in [0.15, 0.2) is 5.76 Å². The van der Waals surface area contributed by atoms with Crippen molar-refractivity contribution in [1.29, 1.82) is 0 Å². The highest BCUT2D eigenvalue weighted by atomic mass is 16.5. The molecule has 0 radical (unpaired) electrons. The van der Waals surface area contributed by atoms with E-state index in [1.807, 2.05) is 29.2 Å². The summed E-state index contributed by atoms with van der Waals surface area (Å²) in [6.45, 7) is 2.55. The number of furan rings is 1. The zero-order chi connectivity index (χ0) is 17.2. The van der Waals surface area contributed by atoms with E-state index in [9.17, 15) is 9.59 Å². The van der Waals surface area contributed by atoms with Crippen molar-refractivity contribution in [1.82, 2.24) is 9.80 Å². The lowest BCUT2D eigenvalue weighted by Gasteiger charge is -2.37. The third-order valence-corrected chi connectivity index (χ3v) is 4.84. The Labute approximate surface area is 146 Å². The molecule has 1 saturated heterocycles. The molecule has 2 amide bonds. The van der Waals surface area contributed by atoms with Crippen LogP contribution >= 0.6 is 0 Å². The van der Waals surface area contributed by atoms with Crippen LogP contribution in [0.3, 0.4) is 0 Å². The van der Waals surface area contributed by atoms with E-state index in [4.69, 9.17) is 9.15 Å². The summed E-state index contributed by atoms with van der Waals surface area (Å²) in [5.74, 6) is 1.06. The van der Waals surface area contributed by atoms with Gasteiger partial charge in [-0.15, -0.1) is 0 Å². The molecule has 0 spiro atoms. The molecule has 2 aliphatic rings. The van der Waals surface area contributed by atoms with Gasteiger partial charge in [0.05, 0.1) is 12.2 Å². The summed E-state index contributed by atoms with van der Waals surface area (Å²) in [6, 6.07) is 11.2. The van der Waals surface area contributed by atoms with Crippen LogP contribution in [0.5, 0.6) is 5.75 Å². The SMILES string of the molecule is O=C(c1ccco1)N1CCN(C(=O)[C@H]2COc3ccccc3C2)CC1.